The second kappa shape index (κ2) is 5.92. The summed E-state index contributed by atoms with van der Waals surface area (Å²) in [6.45, 7) is 6.85. The third-order valence-corrected chi connectivity index (χ3v) is 2.83. The average Bonchev–Trinajstić information content (AvgIpc) is 2.19. The maximum Gasteiger partial charge on any atom is 0.0462 e. The zero-order valence-corrected chi connectivity index (χ0v) is 10.0. The van der Waals surface area contributed by atoms with Gasteiger partial charge in [-0.2, -0.15) is 0 Å². The molecule has 1 N–H and O–H groups in total. The summed E-state index contributed by atoms with van der Waals surface area (Å²) in [5.74, 6) is 1.07. The highest BCUT2D eigenvalue weighted by atomic mass is 16.3. The Morgan fingerprint density at radius 1 is 1.20 bits per heavy atom. The van der Waals surface area contributed by atoms with Crippen molar-refractivity contribution in [3.05, 3.63) is 35.4 Å². The van der Waals surface area contributed by atoms with Crippen molar-refractivity contribution in [2.45, 2.75) is 33.6 Å². The lowest BCUT2D eigenvalue weighted by atomic mass is 9.90. The van der Waals surface area contributed by atoms with Crippen LogP contribution in [-0.4, -0.2) is 11.7 Å². The van der Waals surface area contributed by atoms with E-state index in [-0.39, 0.29) is 0 Å². The van der Waals surface area contributed by atoms with Crippen LogP contribution in [0.1, 0.15) is 31.4 Å². The molecule has 1 unspecified atom stereocenters. The van der Waals surface area contributed by atoms with E-state index < -0.39 is 0 Å². The predicted molar refractivity (Wildman–Crippen MR) is 64.9 cm³/mol. The van der Waals surface area contributed by atoms with Crippen LogP contribution in [-0.2, 0) is 6.42 Å². The molecule has 1 heteroatoms. The molecule has 0 spiro atoms. The van der Waals surface area contributed by atoms with Crippen LogP contribution in [0.4, 0.5) is 0 Å². The zero-order chi connectivity index (χ0) is 11.3. The van der Waals surface area contributed by atoms with E-state index in [1.807, 2.05) is 0 Å². The minimum Gasteiger partial charge on any atom is -0.396 e. The van der Waals surface area contributed by atoms with Gasteiger partial charge in [0.25, 0.3) is 0 Å². The Balaban J connectivity index is 2.62. The van der Waals surface area contributed by atoms with E-state index in [1.54, 1.807) is 0 Å². The molecule has 0 aliphatic heterocycles. The highest BCUT2D eigenvalue weighted by Gasteiger charge is 2.11. The van der Waals surface area contributed by atoms with Gasteiger partial charge in [0.2, 0.25) is 0 Å². The summed E-state index contributed by atoms with van der Waals surface area (Å²) in [5.41, 5.74) is 2.71. The van der Waals surface area contributed by atoms with Gasteiger partial charge in [0, 0.05) is 6.61 Å². The van der Waals surface area contributed by atoms with Crippen molar-refractivity contribution >= 4 is 0 Å². The third-order valence-electron chi connectivity index (χ3n) is 2.83. The minimum atomic E-state index is 0.298. The molecule has 0 radical (unpaired) electrons. The normalized spacial score (nSPS) is 13.1. The standard InChI is InChI=1S/C14H22O/c1-11(2)8-13(10-15)9-14-7-5-4-6-12(14)3/h4-7,11,13,15H,8-10H2,1-3H3. The summed E-state index contributed by atoms with van der Waals surface area (Å²) in [7, 11) is 0. The molecule has 84 valence electrons. The zero-order valence-electron chi connectivity index (χ0n) is 10.0. The van der Waals surface area contributed by atoms with Gasteiger partial charge < -0.3 is 5.11 Å². The van der Waals surface area contributed by atoms with Gasteiger partial charge >= 0.3 is 0 Å². The van der Waals surface area contributed by atoms with E-state index in [4.69, 9.17) is 0 Å². The van der Waals surface area contributed by atoms with Crippen molar-refractivity contribution in [3.63, 3.8) is 0 Å². The molecule has 0 bridgehead atoms. The van der Waals surface area contributed by atoms with E-state index in [9.17, 15) is 5.11 Å². The van der Waals surface area contributed by atoms with Gasteiger partial charge in [-0.3, -0.25) is 0 Å². The Hall–Kier alpha value is -0.820. The quantitative estimate of drug-likeness (QED) is 0.784. The fraction of sp³-hybridized carbons (Fsp3) is 0.571. The van der Waals surface area contributed by atoms with Crippen LogP contribution < -0.4 is 0 Å². The number of hydrogen-bond donors (Lipinski definition) is 1. The van der Waals surface area contributed by atoms with Crippen LogP contribution in [0.2, 0.25) is 0 Å². The molecule has 0 saturated carbocycles. The lowest BCUT2D eigenvalue weighted by Crippen LogP contribution is -2.13. The Kier molecular flexibility index (Phi) is 4.83. The molecule has 15 heavy (non-hydrogen) atoms. The van der Waals surface area contributed by atoms with Gasteiger partial charge in [-0.25, -0.2) is 0 Å². The van der Waals surface area contributed by atoms with Crippen LogP contribution in [0, 0.1) is 18.8 Å². The molecular weight excluding hydrogens is 184 g/mol. The Labute approximate surface area is 93.1 Å². The topological polar surface area (TPSA) is 20.2 Å². The van der Waals surface area contributed by atoms with E-state index in [0.29, 0.717) is 18.4 Å². The molecular formula is C14H22O. The molecule has 0 fully saturated rings. The second-order valence-electron chi connectivity index (χ2n) is 4.81. The number of aliphatic hydroxyl groups is 1. The molecule has 0 saturated heterocycles. The maximum absolute atomic E-state index is 9.33. The summed E-state index contributed by atoms with van der Waals surface area (Å²) >= 11 is 0. The number of aliphatic hydroxyl groups excluding tert-OH is 1. The minimum absolute atomic E-state index is 0.298. The van der Waals surface area contributed by atoms with Crippen LogP contribution >= 0.6 is 0 Å². The molecule has 1 nitrogen and oxygen atoms in total. The Morgan fingerprint density at radius 3 is 2.40 bits per heavy atom. The van der Waals surface area contributed by atoms with E-state index >= 15 is 0 Å². The first-order valence-electron chi connectivity index (χ1n) is 5.78. The summed E-state index contributed by atoms with van der Waals surface area (Å²) in [6.07, 6.45) is 2.10. The summed E-state index contributed by atoms with van der Waals surface area (Å²) in [5, 5.41) is 9.33. The highest BCUT2D eigenvalue weighted by molar-refractivity contribution is 5.25. The first kappa shape index (κ1) is 12.3. The Morgan fingerprint density at radius 2 is 1.87 bits per heavy atom. The number of benzene rings is 1. The third kappa shape index (κ3) is 4.05. The van der Waals surface area contributed by atoms with Crippen LogP contribution in [0.15, 0.2) is 24.3 Å². The van der Waals surface area contributed by atoms with Crippen molar-refractivity contribution in [1.29, 1.82) is 0 Å². The summed E-state index contributed by atoms with van der Waals surface area (Å²) < 4.78 is 0. The number of rotatable bonds is 5. The fourth-order valence-electron chi connectivity index (χ4n) is 2.04. The highest BCUT2D eigenvalue weighted by Crippen LogP contribution is 2.18. The van der Waals surface area contributed by atoms with Crippen molar-refractivity contribution < 1.29 is 5.11 Å². The maximum atomic E-state index is 9.33. The molecule has 1 atom stereocenters. The summed E-state index contributed by atoms with van der Waals surface area (Å²) in [4.78, 5) is 0. The van der Waals surface area contributed by atoms with Gasteiger partial charge in [0.15, 0.2) is 0 Å². The van der Waals surface area contributed by atoms with Crippen molar-refractivity contribution in [2.75, 3.05) is 6.61 Å². The molecule has 0 aliphatic rings. The molecule has 1 aromatic rings. The molecule has 0 aromatic heterocycles. The summed E-state index contributed by atoms with van der Waals surface area (Å²) in [6, 6.07) is 8.44. The van der Waals surface area contributed by atoms with E-state index in [0.717, 1.165) is 12.8 Å². The van der Waals surface area contributed by atoms with Crippen LogP contribution in [0.3, 0.4) is 0 Å². The number of aryl methyl sites for hydroxylation is 1. The fourth-order valence-corrected chi connectivity index (χ4v) is 2.04. The lowest BCUT2D eigenvalue weighted by molar-refractivity contribution is 0.205. The molecule has 0 heterocycles. The SMILES string of the molecule is Cc1ccccc1CC(CO)CC(C)C. The molecule has 1 aromatic carbocycles. The van der Waals surface area contributed by atoms with Gasteiger partial charge in [-0.1, -0.05) is 38.1 Å². The van der Waals surface area contributed by atoms with E-state index in [1.165, 1.54) is 11.1 Å². The molecule has 0 amide bonds. The van der Waals surface area contributed by atoms with Crippen LogP contribution in [0.5, 0.6) is 0 Å². The van der Waals surface area contributed by atoms with Gasteiger partial charge in [-0.05, 0) is 42.7 Å². The smallest absolute Gasteiger partial charge is 0.0462 e. The first-order valence-corrected chi connectivity index (χ1v) is 5.78. The van der Waals surface area contributed by atoms with E-state index in [2.05, 4.69) is 45.0 Å². The van der Waals surface area contributed by atoms with Gasteiger partial charge in [-0.15, -0.1) is 0 Å². The predicted octanol–water partition coefficient (Wildman–Crippen LogP) is 3.19. The monoisotopic (exact) mass is 206 g/mol. The largest absolute Gasteiger partial charge is 0.396 e. The lowest BCUT2D eigenvalue weighted by Gasteiger charge is -2.17. The van der Waals surface area contributed by atoms with Crippen molar-refractivity contribution in [2.24, 2.45) is 11.8 Å². The number of hydrogen-bond acceptors (Lipinski definition) is 1. The van der Waals surface area contributed by atoms with Crippen molar-refractivity contribution in [3.8, 4) is 0 Å². The van der Waals surface area contributed by atoms with Crippen LogP contribution in [0.25, 0.3) is 0 Å². The first-order chi connectivity index (χ1) is 7.13. The molecule has 0 aliphatic carbocycles. The average molecular weight is 206 g/mol. The van der Waals surface area contributed by atoms with Gasteiger partial charge in [0.05, 0.1) is 0 Å². The Bertz CT molecular complexity index is 291. The second-order valence-corrected chi connectivity index (χ2v) is 4.81. The molecule has 1 rings (SSSR count). The van der Waals surface area contributed by atoms with Crippen molar-refractivity contribution in [1.82, 2.24) is 0 Å². The van der Waals surface area contributed by atoms with Gasteiger partial charge in [0.1, 0.15) is 0 Å².